The molecule has 2 rings (SSSR count). The Kier molecular flexibility index (Phi) is 5.73. The molecule has 8 heteroatoms. The van der Waals surface area contributed by atoms with E-state index < -0.39 is 15.9 Å². The van der Waals surface area contributed by atoms with Gasteiger partial charge in [0.1, 0.15) is 5.84 Å². The van der Waals surface area contributed by atoms with Gasteiger partial charge in [0.2, 0.25) is 10.0 Å². The summed E-state index contributed by atoms with van der Waals surface area (Å²) in [6, 6.07) is 6.03. The van der Waals surface area contributed by atoms with Crippen molar-refractivity contribution in [1.82, 2.24) is 15.2 Å². The number of amidine groups is 1. The number of hydrazine groups is 1. The third-order valence-electron chi connectivity index (χ3n) is 3.63. The second-order valence-electron chi connectivity index (χ2n) is 5.13. The van der Waals surface area contributed by atoms with E-state index >= 15 is 0 Å². The first kappa shape index (κ1) is 17.4. The molecule has 1 aliphatic rings. The van der Waals surface area contributed by atoms with Gasteiger partial charge < -0.3 is 0 Å². The minimum absolute atomic E-state index is 0.118. The van der Waals surface area contributed by atoms with Crippen molar-refractivity contribution in [2.24, 2.45) is 4.99 Å². The molecule has 1 aromatic carbocycles. The summed E-state index contributed by atoms with van der Waals surface area (Å²) in [6.07, 6.45) is 1.77. The Labute approximate surface area is 136 Å². The van der Waals surface area contributed by atoms with Crippen LogP contribution in [0.2, 0.25) is 0 Å². The van der Waals surface area contributed by atoms with Crippen molar-refractivity contribution < 1.29 is 13.2 Å². The van der Waals surface area contributed by atoms with Gasteiger partial charge >= 0.3 is 0 Å². The first-order valence-electron chi connectivity index (χ1n) is 7.69. The number of aliphatic imine (C=N–C) groups is 1. The highest BCUT2D eigenvalue weighted by molar-refractivity contribution is 7.89. The number of nitrogens with zero attached hydrogens (tertiary/aromatic N) is 2. The molecule has 0 atom stereocenters. The summed E-state index contributed by atoms with van der Waals surface area (Å²) in [4.78, 5) is 16.5. The van der Waals surface area contributed by atoms with Gasteiger partial charge in [-0.3, -0.25) is 20.6 Å². The van der Waals surface area contributed by atoms with E-state index in [0.717, 1.165) is 25.2 Å². The predicted molar refractivity (Wildman–Crippen MR) is 88.7 cm³/mol. The maximum Gasteiger partial charge on any atom is 0.269 e. The molecule has 126 valence electrons. The zero-order valence-electron chi connectivity index (χ0n) is 13.4. The van der Waals surface area contributed by atoms with Gasteiger partial charge in [-0.2, -0.15) is 4.31 Å². The summed E-state index contributed by atoms with van der Waals surface area (Å²) >= 11 is 0. The van der Waals surface area contributed by atoms with Crippen LogP contribution in [0, 0.1) is 0 Å². The number of nitrogens with one attached hydrogen (secondary N) is 2. The fourth-order valence-electron chi connectivity index (χ4n) is 2.35. The van der Waals surface area contributed by atoms with Crippen molar-refractivity contribution in [2.75, 3.05) is 19.6 Å². The number of rotatable bonds is 5. The largest absolute Gasteiger partial charge is 0.285 e. The molecule has 0 saturated carbocycles. The lowest BCUT2D eigenvalue weighted by molar-refractivity contribution is 0.0943. The van der Waals surface area contributed by atoms with Gasteiger partial charge in [0.05, 0.1) is 4.90 Å². The first-order chi connectivity index (χ1) is 11.0. The molecule has 1 amide bonds. The van der Waals surface area contributed by atoms with Crippen molar-refractivity contribution in [2.45, 2.75) is 31.6 Å². The average molecular weight is 338 g/mol. The first-order valence-corrected chi connectivity index (χ1v) is 9.13. The van der Waals surface area contributed by atoms with Crippen LogP contribution in [0.25, 0.3) is 0 Å². The number of carbonyl (C=O) groups is 1. The summed E-state index contributed by atoms with van der Waals surface area (Å²) in [5.74, 6) is 0.349. The number of hydrogen-bond acceptors (Lipinski definition) is 5. The van der Waals surface area contributed by atoms with E-state index in [1.165, 1.54) is 16.4 Å². The van der Waals surface area contributed by atoms with Crippen LogP contribution in [0.15, 0.2) is 34.2 Å². The van der Waals surface area contributed by atoms with Crippen LogP contribution >= 0.6 is 0 Å². The third kappa shape index (κ3) is 4.08. The van der Waals surface area contributed by atoms with Gasteiger partial charge in [0.15, 0.2) is 0 Å². The van der Waals surface area contributed by atoms with Crippen LogP contribution in [-0.4, -0.2) is 44.1 Å². The molecule has 0 radical (unpaired) electrons. The molecule has 1 heterocycles. The van der Waals surface area contributed by atoms with Gasteiger partial charge in [0, 0.05) is 31.6 Å². The molecule has 1 aliphatic heterocycles. The standard InChI is InChI=1S/C15H22N4O3S/c1-3-19(4-2)23(21,22)13-8-5-7-12(11-13)15(20)18-17-14-9-6-10-16-14/h5,7-8,11H,3-4,6,9-10H2,1-2H3,(H,16,17)(H,18,20). The number of sulfonamides is 1. The van der Waals surface area contributed by atoms with E-state index in [4.69, 9.17) is 0 Å². The molecular weight excluding hydrogens is 316 g/mol. The van der Waals surface area contributed by atoms with Gasteiger partial charge in [-0.25, -0.2) is 8.42 Å². The summed E-state index contributed by atoms with van der Waals surface area (Å²) in [5.41, 5.74) is 5.60. The molecule has 0 aromatic heterocycles. The number of benzene rings is 1. The lowest BCUT2D eigenvalue weighted by Crippen LogP contribution is -2.41. The Morgan fingerprint density at radius 3 is 2.65 bits per heavy atom. The van der Waals surface area contributed by atoms with Crippen molar-refractivity contribution in [3.8, 4) is 0 Å². The predicted octanol–water partition coefficient (Wildman–Crippen LogP) is 1.14. The second kappa shape index (κ2) is 7.56. The van der Waals surface area contributed by atoms with Crippen LogP contribution < -0.4 is 10.9 Å². The molecule has 7 nitrogen and oxygen atoms in total. The second-order valence-corrected chi connectivity index (χ2v) is 7.07. The molecule has 0 unspecified atom stereocenters. The Hall–Kier alpha value is -1.93. The van der Waals surface area contributed by atoms with E-state index in [2.05, 4.69) is 15.8 Å². The maximum absolute atomic E-state index is 12.5. The van der Waals surface area contributed by atoms with E-state index in [1.54, 1.807) is 26.0 Å². The van der Waals surface area contributed by atoms with Crippen LogP contribution in [-0.2, 0) is 10.0 Å². The molecule has 1 aromatic rings. The number of amides is 1. The zero-order valence-corrected chi connectivity index (χ0v) is 14.2. The molecule has 0 aliphatic carbocycles. The SMILES string of the molecule is CCN(CC)S(=O)(=O)c1cccc(C(=O)NNC2=NCCC2)c1. The summed E-state index contributed by atoms with van der Waals surface area (Å²) in [7, 11) is -3.58. The van der Waals surface area contributed by atoms with E-state index in [0.29, 0.717) is 13.1 Å². The minimum Gasteiger partial charge on any atom is -0.285 e. The molecule has 0 saturated heterocycles. The highest BCUT2D eigenvalue weighted by Crippen LogP contribution is 2.16. The minimum atomic E-state index is -3.58. The molecular formula is C15H22N4O3S. The summed E-state index contributed by atoms with van der Waals surface area (Å²) in [5, 5.41) is 0. The Bertz CT molecular complexity index is 696. The van der Waals surface area contributed by atoms with Crippen LogP contribution in [0.5, 0.6) is 0 Å². The van der Waals surface area contributed by atoms with E-state index in [9.17, 15) is 13.2 Å². The lowest BCUT2D eigenvalue weighted by atomic mass is 10.2. The number of carbonyl (C=O) groups excluding carboxylic acids is 1. The van der Waals surface area contributed by atoms with Gasteiger partial charge in [-0.1, -0.05) is 19.9 Å². The maximum atomic E-state index is 12.5. The average Bonchev–Trinajstić information content (AvgIpc) is 3.07. The number of hydrogen-bond donors (Lipinski definition) is 2. The van der Waals surface area contributed by atoms with E-state index in [1.807, 2.05) is 0 Å². The highest BCUT2D eigenvalue weighted by atomic mass is 32.2. The van der Waals surface area contributed by atoms with Crippen molar-refractivity contribution in [3.05, 3.63) is 29.8 Å². The summed E-state index contributed by atoms with van der Waals surface area (Å²) in [6.45, 7) is 5.09. The quantitative estimate of drug-likeness (QED) is 0.788. The van der Waals surface area contributed by atoms with Gasteiger partial charge in [0.25, 0.3) is 5.91 Å². The smallest absolute Gasteiger partial charge is 0.269 e. The highest BCUT2D eigenvalue weighted by Gasteiger charge is 2.22. The van der Waals surface area contributed by atoms with Gasteiger partial charge in [-0.05, 0) is 24.6 Å². The Morgan fingerprint density at radius 1 is 1.30 bits per heavy atom. The Morgan fingerprint density at radius 2 is 2.04 bits per heavy atom. The van der Waals surface area contributed by atoms with Crippen LogP contribution in [0.1, 0.15) is 37.0 Å². The molecule has 2 N–H and O–H groups in total. The Balaban J connectivity index is 2.14. The van der Waals surface area contributed by atoms with Crippen LogP contribution in [0.4, 0.5) is 0 Å². The van der Waals surface area contributed by atoms with Crippen molar-refractivity contribution in [3.63, 3.8) is 0 Å². The monoisotopic (exact) mass is 338 g/mol. The van der Waals surface area contributed by atoms with Crippen molar-refractivity contribution >= 4 is 21.8 Å². The normalized spacial score (nSPS) is 14.7. The lowest BCUT2D eigenvalue weighted by Gasteiger charge is -2.18. The van der Waals surface area contributed by atoms with Crippen molar-refractivity contribution in [1.29, 1.82) is 0 Å². The fourth-order valence-corrected chi connectivity index (χ4v) is 3.86. The van der Waals surface area contributed by atoms with Crippen LogP contribution in [0.3, 0.4) is 0 Å². The molecule has 0 fully saturated rings. The molecule has 0 bridgehead atoms. The topological polar surface area (TPSA) is 90.9 Å². The van der Waals surface area contributed by atoms with E-state index in [-0.39, 0.29) is 10.5 Å². The zero-order chi connectivity index (χ0) is 16.9. The molecule has 23 heavy (non-hydrogen) atoms. The summed E-state index contributed by atoms with van der Waals surface area (Å²) < 4.78 is 26.3. The fraction of sp³-hybridized carbons (Fsp3) is 0.467. The molecule has 0 spiro atoms. The third-order valence-corrected chi connectivity index (χ3v) is 5.68. The van der Waals surface area contributed by atoms with Gasteiger partial charge in [-0.15, -0.1) is 0 Å².